The molecule has 4 rings (SSSR count). The summed E-state index contributed by atoms with van der Waals surface area (Å²) in [7, 11) is 1.63. The van der Waals surface area contributed by atoms with Crippen LogP contribution in [0.25, 0.3) is 0 Å². The molecule has 0 spiro atoms. The number of halogens is 2. The Morgan fingerprint density at radius 1 is 0.889 bits per heavy atom. The Bertz CT molecular complexity index is 1100. The number of benzene rings is 3. The third kappa shape index (κ3) is 7.07. The molecule has 0 bridgehead atoms. The second-order valence-corrected chi connectivity index (χ2v) is 9.88. The maximum atomic E-state index is 10.7. The summed E-state index contributed by atoms with van der Waals surface area (Å²) in [6.07, 6.45) is 2.19. The molecule has 1 atom stereocenters. The van der Waals surface area contributed by atoms with E-state index in [4.69, 9.17) is 32.7 Å². The van der Waals surface area contributed by atoms with E-state index in [1.165, 1.54) is 0 Å². The molecular formula is C29H34Cl2N2O3. The summed E-state index contributed by atoms with van der Waals surface area (Å²) >= 11 is 12.6. The Hall–Kier alpha value is -2.44. The molecule has 1 aliphatic rings. The zero-order valence-corrected chi connectivity index (χ0v) is 22.2. The van der Waals surface area contributed by atoms with Crippen molar-refractivity contribution in [3.63, 3.8) is 0 Å². The smallest absolute Gasteiger partial charge is 0.161 e. The van der Waals surface area contributed by atoms with Gasteiger partial charge in [-0.05, 0) is 61.2 Å². The molecular weight excluding hydrogens is 495 g/mol. The first-order chi connectivity index (χ1) is 17.5. The molecule has 3 aromatic carbocycles. The fourth-order valence-electron chi connectivity index (χ4n) is 4.53. The number of unbranched alkanes of at least 4 members (excludes halogenated alkanes) is 1. The maximum absolute atomic E-state index is 10.7. The molecule has 0 aliphatic carbocycles. The molecule has 1 fully saturated rings. The van der Waals surface area contributed by atoms with Crippen molar-refractivity contribution in [2.75, 3.05) is 44.7 Å². The Morgan fingerprint density at radius 3 is 2.42 bits per heavy atom. The van der Waals surface area contributed by atoms with Gasteiger partial charge in [0.25, 0.3) is 0 Å². The van der Waals surface area contributed by atoms with E-state index in [1.807, 2.05) is 66.7 Å². The third-order valence-corrected chi connectivity index (χ3v) is 7.46. The van der Waals surface area contributed by atoms with E-state index in [2.05, 4.69) is 9.80 Å². The summed E-state index contributed by atoms with van der Waals surface area (Å²) in [5.74, 6) is 1.32. The van der Waals surface area contributed by atoms with E-state index >= 15 is 0 Å². The van der Waals surface area contributed by atoms with Crippen LogP contribution in [0.1, 0.15) is 36.5 Å². The molecule has 36 heavy (non-hydrogen) atoms. The Morgan fingerprint density at radius 2 is 1.67 bits per heavy atom. The van der Waals surface area contributed by atoms with Crippen LogP contribution in [-0.4, -0.2) is 49.8 Å². The summed E-state index contributed by atoms with van der Waals surface area (Å²) in [4.78, 5) is 4.78. The van der Waals surface area contributed by atoms with E-state index in [0.717, 1.165) is 62.4 Å². The Labute approximate surface area is 224 Å². The highest BCUT2D eigenvalue weighted by atomic mass is 35.5. The summed E-state index contributed by atoms with van der Waals surface area (Å²) in [6.45, 7) is 5.35. The second kappa shape index (κ2) is 13.2. The Kier molecular flexibility index (Phi) is 9.76. The van der Waals surface area contributed by atoms with E-state index in [1.54, 1.807) is 7.11 Å². The van der Waals surface area contributed by atoms with Crippen molar-refractivity contribution in [1.82, 2.24) is 4.90 Å². The van der Waals surface area contributed by atoms with Crippen molar-refractivity contribution >= 4 is 28.9 Å². The fraction of sp³-hybridized carbons (Fsp3) is 0.379. The lowest BCUT2D eigenvalue weighted by molar-refractivity contribution is 0.159. The molecule has 0 radical (unpaired) electrons. The van der Waals surface area contributed by atoms with Crippen LogP contribution in [0.3, 0.4) is 0 Å². The van der Waals surface area contributed by atoms with Crippen LogP contribution in [0.4, 0.5) is 5.69 Å². The normalized spacial score (nSPS) is 15.1. The number of hydrogen-bond acceptors (Lipinski definition) is 5. The second-order valence-electron chi connectivity index (χ2n) is 9.10. The highest BCUT2D eigenvalue weighted by molar-refractivity contribution is 6.43. The zero-order valence-electron chi connectivity index (χ0n) is 20.7. The molecule has 5 nitrogen and oxygen atoms in total. The zero-order chi connectivity index (χ0) is 25.3. The number of nitrogens with zero attached hydrogens (tertiary/aromatic N) is 2. The van der Waals surface area contributed by atoms with Gasteiger partial charge in [-0.2, -0.15) is 0 Å². The summed E-state index contributed by atoms with van der Waals surface area (Å²) in [6, 6.07) is 21.5. The maximum Gasteiger partial charge on any atom is 0.161 e. The average molecular weight is 530 g/mol. The van der Waals surface area contributed by atoms with Gasteiger partial charge in [0, 0.05) is 26.2 Å². The molecule has 1 saturated heterocycles. The van der Waals surface area contributed by atoms with Gasteiger partial charge in [0.1, 0.15) is 6.61 Å². The van der Waals surface area contributed by atoms with Gasteiger partial charge >= 0.3 is 0 Å². The summed E-state index contributed by atoms with van der Waals surface area (Å²) in [5.41, 5.74) is 2.96. The van der Waals surface area contributed by atoms with E-state index in [-0.39, 0.29) is 0 Å². The van der Waals surface area contributed by atoms with Gasteiger partial charge in [0.05, 0.1) is 28.9 Å². The van der Waals surface area contributed by atoms with Crippen molar-refractivity contribution in [1.29, 1.82) is 0 Å². The van der Waals surface area contributed by atoms with Gasteiger partial charge in [0.15, 0.2) is 11.5 Å². The van der Waals surface area contributed by atoms with E-state index in [0.29, 0.717) is 34.6 Å². The van der Waals surface area contributed by atoms with E-state index < -0.39 is 6.10 Å². The van der Waals surface area contributed by atoms with Crippen LogP contribution >= 0.6 is 23.2 Å². The van der Waals surface area contributed by atoms with Crippen LogP contribution in [0.5, 0.6) is 11.5 Å². The van der Waals surface area contributed by atoms with Crippen LogP contribution in [-0.2, 0) is 6.61 Å². The quantitative estimate of drug-likeness (QED) is 0.284. The molecule has 0 aromatic heterocycles. The van der Waals surface area contributed by atoms with Crippen molar-refractivity contribution in [2.45, 2.75) is 32.0 Å². The number of methoxy groups -OCH3 is 1. The predicted octanol–water partition coefficient (Wildman–Crippen LogP) is 6.61. The molecule has 1 N–H and O–H groups in total. The van der Waals surface area contributed by atoms with Gasteiger partial charge in [0.2, 0.25) is 0 Å². The molecule has 1 unspecified atom stereocenters. The molecule has 0 amide bonds. The number of hydrogen-bond donors (Lipinski definition) is 1. The molecule has 1 aliphatic heterocycles. The predicted molar refractivity (Wildman–Crippen MR) is 148 cm³/mol. The number of anilines is 1. The lowest BCUT2D eigenvalue weighted by Crippen LogP contribution is -2.46. The van der Waals surface area contributed by atoms with Crippen LogP contribution in [0.15, 0.2) is 66.7 Å². The highest BCUT2D eigenvalue weighted by Crippen LogP contribution is 2.34. The van der Waals surface area contributed by atoms with E-state index in [9.17, 15) is 5.11 Å². The van der Waals surface area contributed by atoms with Crippen molar-refractivity contribution in [3.05, 3.63) is 87.9 Å². The summed E-state index contributed by atoms with van der Waals surface area (Å²) in [5, 5.41) is 12.0. The number of rotatable bonds is 11. The topological polar surface area (TPSA) is 45.2 Å². The highest BCUT2D eigenvalue weighted by Gasteiger charge is 2.20. The minimum absolute atomic E-state index is 0.472. The number of ether oxygens (including phenoxy) is 2. The van der Waals surface area contributed by atoms with Crippen molar-refractivity contribution < 1.29 is 14.6 Å². The van der Waals surface area contributed by atoms with Gasteiger partial charge in [-0.3, -0.25) is 4.90 Å². The van der Waals surface area contributed by atoms with Crippen molar-refractivity contribution in [3.8, 4) is 11.5 Å². The molecule has 3 aromatic rings. The largest absolute Gasteiger partial charge is 0.493 e. The van der Waals surface area contributed by atoms with Crippen molar-refractivity contribution in [2.24, 2.45) is 0 Å². The molecule has 192 valence electrons. The average Bonchev–Trinajstić information content (AvgIpc) is 2.92. The lowest BCUT2D eigenvalue weighted by Gasteiger charge is -2.36. The number of aliphatic hydroxyl groups is 1. The minimum Gasteiger partial charge on any atom is -0.493 e. The van der Waals surface area contributed by atoms with Gasteiger partial charge < -0.3 is 19.5 Å². The van der Waals surface area contributed by atoms with Crippen LogP contribution in [0, 0.1) is 0 Å². The monoisotopic (exact) mass is 528 g/mol. The summed E-state index contributed by atoms with van der Waals surface area (Å²) < 4.78 is 11.5. The number of aliphatic hydroxyl groups excluding tert-OH is 1. The van der Waals surface area contributed by atoms with Crippen LogP contribution < -0.4 is 14.4 Å². The SMILES string of the molecule is COc1cc(C(O)CCCCN2CCN(c3cccc(Cl)c3Cl)CC2)ccc1OCc1ccccc1. The standard InChI is InChI=1S/C29H34Cl2N2O3/c1-35-28-20-23(13-14-27(28)36-21-22-8-3-2-4-9-22)26(34)12-5-6-15-32-16-18-33(19-17-32)25-11-7-10-24(30)29(25)31/h2-4,7-11,13-14,20,26,34H,5-6,12,15-19,21H2,1H3. The van der Waals surface area contributed by atoms with Gasteiger partial charge in [-0.25, -0.2) is 0 Å². The first kappa shape index (κ1) is 26.6. The third-order valence-electron chi connectivity index (χ3n) is 6.66. The number of piperazine rings is 1. The van der Waals surface area contributed by atoms with Crippen LogP contribution in [0.2, 0.25) is 10.0 Å². The first-order valence-electron chi connectivity index (χ1n) is 12.5. The fourth-order valence-corrected chi connectivity index (χ4v) is 4.95. The Balaban J connectivity index is 1.19. The van der Waals surface area contributed by atoms with Gasteiger partial charge in [-0.1, -0.05) is 65.7 Å². The lowest BCUT2D eigenvalue weighted by atomic mass is 10.0. The minimum atomic E-state index is -0.524. The molecule has 1 heterocycles. The first-order valence-corrected chi connectivity index (χ1v) is 13.2. The molecule has 0 saturated carbocycles. The van der Waals surface area contributed by atoms with Gasteiger partial charge in [-0.15, -0.1) is 0 Å². The molecule has 7 heteroatoms.